The standard InChI is InChI=1S/C31H38O3/c1-4-22-17-27-23(18-29(22)34-20-21-9-7-6-8-10-21)11-13-26-25(27)15-16-31(3)24(12-14-28(26)31)19-30(32)33-5-2/h6-10,17-19,25-26,28H,4-5,11-16,20H2,1-3H3/b24-19-/t25-,26+,28-,31+/m0/s1. The van der Waals surface area contributed by atoms with Crippen LogP contribution >= 0.6 is 0 Å². The molecule has 2 aromatic carbocycles. The van der Waals surface area contributed by atoms with Crippen molar-refractivity contribution in [1.82, 2.24) is 0 Å². The molecule has 2 saturated carbocycles. The maximum absolute atomic E-state index is 12.2. The number of hydrogen-bond donors (Lipinski definition) is 0. The molecule has 3 nitrogen and oxygen atoms in total. The average molecular weight is 459 g/mol. The van der Waals surface area contributed by atoms with E-state index in [-0.39, 0.29) is 11.4 Å². The van der Waals surface area contributed by atoms with Crippen LogP contribution < -0.4 is 4.74 Å². The Morgan fingerprint density at radius 2 is 1.91 bits per heavy atom. The van der Waals surface area contributed by atoms with E-state index in [9.17, 15) is 4.79 Å². The van der Waals surface area contributed by atoms with Crippen LogP contribution in [-0.4, -0.2) is 12.6 Å². The Hall–Kier alpha value is -2.55. The zero-order valence-corrected chi connectivity index (χ0v) is 20.9. The van der Waals surface area contributed by atoms with Gasteiger partial charge in [-0.1, -0.05) is 55.8 Å². The first-order valence-electron chi connectivity index (χ1n) is 13.2. The van der Waals surface area contributed by atoms with Crippen molar-refractivity contribution in [2.24, 2.45) is 17.3 Å². The second-order valence-corrected chi connectivity index (χ2v) is 10.6. The molecule has 0 unspecified atom stereocenters. The van der Waals surface area contributed by atoms with E-state index in [2.05, 4.69) is 50.2 Å². The van der Waals surface area contributed by atoms with Crippen LogP contribution in [-0.2, 0) is 29.0 Å². The maximum Gasteiger partial charge on any atom is 0.330 e. The molecule has 0 spiro atoms. The monoisotopic (exact) mass is 458 g/mol. The lowest BCUT2D eigenvalue weighted by molar-refractivity contribution is -0.137. The van der Waals surface area contributed by atoms with Crippen molar-refractivity contribution in [3.05, 3.63) is 76.4 Å². The van der Waals surface area contributed by atoms with Crippen molar-refractivity contribution in [3.8, 4) is 5.75 Å². The molecular weight excluding hydrogens is 420 g/mol. The molecular formula is C31H38O3. The van der Waals surface area contributed by atoms with E-state index in [0.29, 0.717) is 31.0 Å². The van der Waals surface area contributed by atoms with Crippen LogP contribution in [0, 0.1) is 17.3 Å². The van der Waals surface area contributed by atoms with E-state index < -0.39 is 0 Å². The number of fused-ring (bicyclic) bond motifs is 5. The lowest BCUT2D eigenvalue weighted by Crippen LogP contribution is -2.40. The number of benzene rings is 2. The van der Waals surface area contributed by atoms with Crippen LogP contribution in [0.3, 0.4) is 0 Å². The minimum atomic E-state index is -0.161. The third kappa shape index (κ3) is 4.19. The Balaban J connectivity index is 1.38. The minimum Gasteiger partial charge on any atom is -0.489 e. The van der Waals surface area contributed by atoms with Gasteiger partial charge in [0.25, 0.3) is 0 Å². The molecule has 0 amide bonds. The van der Waals surface area contributed by atoms with Crippen LogP contribution in [0.5, 0.6) is 5.75 Å². The number of esters is 1. The Bertz CT molecular complexity index is 1070. The van der Waals surface area contributed by atoms with Gasteiger partial charge in [-0.3, -0.25) is 0 Å². The van der Waals surface area contributed by atoms with E-state index in [1.54, 1.807) is 5.56 Å². The smallest absolute Gasteiger partial charge is 0.330 e. The first-order chi connectivity index (χ1) is 16.5. The maximum atomic E-state index is 12.2. The van der Waals surface area contributed by atoms with Crippen molar-refractivity contribution in [2.75, 3.05) is 6.61 Å². The fourth-order valence-corrected chi connectivity index (χ4v) is 7.20. The molecule has 0 heterocycles. The van der Waals surface area contributed by atoms with E-state index >= 15 is 0 Å². The molecule has 2 fully saturated rings. The van der Waals surface area contributed by atoms with Gasteiger partial charge in [-0.05, 0) is 103 Å². The SMILES string of the molecule is CCOC(=O)/C=C1/CC[C@H]2[C@@H]3CCc4cc(OCc5ccccc5)c(CC)cc4[C@H]3CC[C@]12C. The summed E-state index contributed by atoms with van der Waals surface area (Å²) in [5, 5.41) is 0. The van der Waals surface area contributed by atoms with Gasteiger partial charge >= 0.3 is 5.97 Å². The fourth-order valence-electron chi connectivity index (χ4n) is 7.20. The topological polar surface area (TPSA) is 35.5 Å². The number of rotatable bonds is 6. The Kier molecular flexibility index (Phi) is 6.55. The summed E-state index contributed by atoms with van der Waals surface area (Å²) in [4.78, 5) is 12.2. The lowest BCUT2D eigenvalue weighted by atomic mass is 9.55. The molecule has 34 heavy (non-hydrogen) atoms. The molecule has 0 bridgehead atoms. The van der Waals surface area contributed by atoms with Gasteiger partial charge in [0.05, 0.1) is 6.61 Å². The van der Waals surface area contributed by atoms with Crippen LogP contribution in [0.4, 0.5) is 0 Å². The third-order valence-corrected chi connectivity index (χ3v) is 8.95. The molecule has 5 rings (SSSR count). The molecule has 0 saturated heterocycles. The summed E-state index contributed by atoms with van der Waals surface area (Å²) in [5.74, 6) is 2.91. The molecule has 0 aromatic heterocycles. The van der Waals surface area contributed by atoms with Crippen molar-refractivity contribution in [3.63, 3.8) is 0 Å². The number of hydrogen-bond acceptors (Lipinski definition) is 3. The van der Waals surface area contributed by atoms with Crippen LogP contribution in [0.1, 0.15) is 81.0 Å². The predicted octanol–water partition coefficient (Wildman–Crippen LogP) is 7.17. The van der Waals surface area contributed by atoms with Gasteiger partial charge in [-0.2, -0.15) is 0 Å². The highest BCUT2D eigenvalue weighted by Crippen LogP contribution is 2.63. The summed E-state index contributed by atoms with van der Waals surface area (Å²) >= 11 is 0. The van der Waals surface area contributed by atoms with Gasteiger partial charge in [0.1, 0.15) is 12.4 Å². The number of aryl methyl sites for hydroxylation is 2. The molecule has 3 heteroatoms. The normalized spacial score (nSPS) is 28.7. The van der Waals surface area contributed by atoms with Crippen molar-refractivity contribution in [2.45, 2.75) is 78.2 Å². The molecule has 3 aliphatic carbocycles. The molecule has 0 N–H and O–H groups in total. The minimum absolute atomic E-state index is 0.151. The summed E-state index contributed by atoms with van der Waals surface area (Å²) in [6.07, 6.45) is 9.81. The van der Waals surface area contributed by atoms with Crippen molar-refractivity contribution >= 4 is 5.97 Å². The van der Waals surface area contributed by atoms with Crippen molar-refractivity contribution < 1.29 is 14.3 Å². The van der Waals surface area contributed by atoms with Gasteiger partial charge < -0.3 is 9.47 Å². The van der Waals surface area contributed by atoms with Crippen LogP contribution in [0.15, 0.2) is 54.1 Å². The number of ether oxygens (including phenoxy) is 2. The van der Waals surface area contributed by atoms with Crippen molar-refractivity contribution in [1.29, 1.82) is 0 Å². The van der Waals surface area contributed by atoms with Gasteiger partial charge in [0.2, 0.25) is 0 Å². The number of allylic oxidation sites excluding steroid dienone is 1. The predicted molar refractivity (Wildman–Crippen MR) is 136 cm³/mol. The highest BCUT2D eigenvalue weighted by molar-refractivity contribution is 5.83. The molecule has 0 aliphatic heterocycles. The second kappa shape index (κ2) is 9.60. The summed E-state index contributed by atoms with van der Waals surface area (Å²) in [6.45, 7) is 7.59. The highest BCUT2D eigenvalue weighted by atomic mass is 16.5. The largest absolute Gasteiger partial charge is 0.489 e. The van der Waals surface area contributed by atoms with E-state index in [1.165, 1.54) is 41.5 Å². The summed E-state index contributed by atoms with van der Waals surface area (Å²) in [5.41, 5.74) is 7.09. The van der Waals surface area contributed by atoms with Gasteiger partial charge in [-0.15, -0.1) is 0 Å². The van der Waals surface area contributed by atoms with Gasteiger partial charge in [0, 0.05) is 6.08 Å². The zero-order chi connectivity index (χ0) is 23.7. The van der Waals surface area contributed by atoms with Crippen LogP contribution in [0.25, 0.3) is 0 Å². The summed E-state index contributed by atoms with van der Waals surface area (Å²) in [6, 6.07) is 15.3. The van der Waals surface area contributed by atoms with Crippen LogP contribution in [0.2, 0.25) is 0 Å². The zero-order valence-electron chi connectivity index (χ0n) is 20.9. The van der Waals surface area contributed by atoms with Gasteiger partial charge in [0.15, 0.2) is 0 Å². The molecule has 0 radical (unpaired) electrons. The second-order valence-electron chi connectivity index (χ2n) is 10.6. The molecule has 2 aromatic rings. The Labute approximate surface area is 204 Å². The number of carbonyl (C=O) groups is 1. The number of carbonyl (C=O) groups excluding carboxylic acids is 1. The Morgan fingerprint density at radius 1 is 1.09 bits per heavy atom. The quantitative estimate of drug-likeness (QED) is 0.340. The van der Waals surface area contributed by atoms with E-state index in [0.717, 1.165) is 31.4 Å². The first-order valence-corrected chi connectivity index (χ1v) is 13.2. The average Bonchev–Trinajstić information content (AvgIpc) is 3.18. The molecule has 180 valence electrons. The Morgan fingerprint density at radius 3 is 2.68 bits per heavy atom. The molecule has 3 aliphatic rings. The van der Waals surface area contributed by atoms with Gasteiger partial charge in [-0.25, -0.2) is 4.79 Å². The molecule has 4 atom stereocenters. The van der Waals surface area contributed by atoms with E-state index in [4.69, 9.17) is 9.47 Å². The lowest BCUT2D eigenvalue weighted by Gasteiger charge is -2.49. The third-order valence-electron chi connectivity index (χ3n) is 8.95. The highest BCUT2D eigenvalue weighted by Gasteiger charge is 2.52. The summed E-state index contributed by atoms with van der Waals surface area (Å²) in [7, 11) is 0. The van der Waals surface area contributed by atoms with E-state index in [1.807, 2.05) is 19.1 Å². The fraction of sp³-hybridized carbons (Fsp3) is 0.516. The first kappa shape index (κ1) is 23.2. The summed E-state index contributed by atoms with van der Waals surface area (Å²) < 4.78 is 11.6.